The van der Waals surface area contributed by atoms with Gasteiger partial charge in [-0.25, -0.2) is 4.39 Å². The van der Waals surface area contributed by atoms with E-state index in [0.717, 1.165) is 14.3 Å². The molecule has 0 aliphatic rings. The second kappa shape index (κ2) is 3.20. The molecule has 68 valence electrons. The van der Waals surface area contributed by atoms with Crippen LogP contribution in [0.3, 0.4) is 0 Å². The first kappa shape index (κ1) is 8.84. The number of fused-ring (bicyclic) bond motifs is 1. The molecule has 2 aromatic rings. The average molecular weight is 214 g/mol. The monoisotopic (exact) mass is 214 g/mol. The topological polar surface area (TPSA) is 9.23 Å². The molecule has 0 aliphatic heterocycles. The minimum atomic E-state index is -0.329. The summed E-state index contributed by atoms with van der Waals surface area (Å²) in [6.07, 6.45) is 0. The lowest BCUT2D eigenvalue weighted by Gasteiger charge is -2.01. The van der Waals surface area contributed by atoms with Crippen LogP contribution in [0.15, 0.2) is 22.4 Å². The highest BCUT2D eigenvalue weighted by Crippen LogP contribution is 2.36. The Bertz CT molecular complexity index is 450. The van der Waals surface area contributed by atoms with Gasteiger partial charge in [-0.2, -0.15) is 0 Å². The molecule has 0 bridgehead atoms. The number of hydrogen-bond donors (Lipinski definition) is 1. The molecule has 2 rings (SSSR count). The third-order valence-corrected chi connectivity index (χ3v) is 3.14. The van der Waals surface area contributed by atoms with Crippen LogP contribution in [0.4, 0.5) is 4.39 Å². The van der Waals surface area contributed by atoms with Gasteiger partial charge in [-0.1, -0.05) is 6.07 Å². The normalized spacial score (nSPS) is 10.7. The molecule has 0 atom stereocenters. The van der Waals surface area contributed by atoms with Crippen molar-refractivity contribution in [2.75, 3.05) is 7.11 Å². The molecule has 1 nitrogen and oxygen atoms in total. The maximum atomic E-state index is 13.2. The Morgan fingerprint density at radius 1 is 1.46 bits per heavy atom. The molecule has 0 aliphatic carbocycles. The van der Waals surface area contributed by atoms with Gasteiger partial charge in [0.1, 0.15) is 0 Å². The quantitative estimate of drug-likeness (QED) is 0.716. The molecule has 1 aromatic carbocycles. The zero-order valence-electron chi connectivity index (χ0n) is 6.87. The maximum absolute atomic E-state index is 13.2. The molecular formula is C9H7FOS2. The number of hydrogen-bond acceptors (Lipinski definition) is 3. The van der Waals surface area contributed by atoms with Gasteiger partial charge in [-0.15, -0.1) is 24.0 Å². The number of thiol groups is 1. The van der Waals surface area contributed by atoms with E-state index >= 15 is 0 Å². The van der Waals surface area contributed by atoms with Crippen molar-refractivity contribution < 1.29 is 9.13 Å². The Labute approximate surface area is 84.6 Å². The summed E-state index contributed by atoms with van der Waals surface area (Å²) in [4.78, 5) is 0. The third-order valence-electron chi connectivity index (χ3n) is 1.78. The number of ether oxygens (including phenoxy) is 1. The zero-order valence-corrected chi connectivity index (χ0v) is 8.58. The Hall–Kier alpha value is -0.740. The third kappa shape index (κ3) is 1.40. The number of halogens is 1. The Morgan fingerprint density at radius 3 is 2.92 bits per heavy atom. The molecule has 4 heteroatoms. The first-order valence-corrected chi connectivity index (χ1v) is 4.93. The van der Waals surface area contributed by atoms with Crippen molar-refractivity contribution in [3.8, 4) is 5.75 Å². The highest BCUT2D eigenvalue weighted by molar-refractivity contribution is 7.83. The summed E-state index contributed by atoms with van der Waals surface area (Å²) < 4.78 is 19.8. The molecule has 0 fully saturated rings. The minimum absolute atomic E-state index is 0.308. The van der Waals surface area contributed by atoms with Gasteiger partial charge in [0.2, 0.25) is 0 Å². The summed E-state index contributed by atoms with van der Waals surface area (Å²) >= 11 is 5.62. The van der Waals surface area contributed by atoms with E-state index in [4.69, 9.17) is 4.74 Å². The van der Waals surface area contributed by atoms with Gasteiger partial charge >= 0.3 is 0 Å². The summed E-state index contributed by atoms with van der Waals surface area (Å²) in [5.41, 5.74) is 0. The second-order valence-electron chi connectivity index (χ2n) is 2.58. The minimum Gasteiger partial charge on any atom is -0.492 e. The first-order valence-electron chi connectivity index (χ1n) is 3.67. The molecule has 0 saturated carbocycles. The SMILES string of the molecule is COc1c(F)ccc2cc(S)sc12. The molecule has 0 saturated heterocycles. The van der Waals surface area contributed by atoms with Crippen LogP contribution in [0.1, 0.15) is 0 Å². The van der Waals surface area contributed by atoms with Gasteiger partial charge in [0.25, 0.3) is 0 Å². The summed E-state index contributed by atoms with van der Waals surface area (Å²) in [6, 6.07) is 5.02. The van der Waals surface area contributed by atoms with Gasteiger partial charge in [0.05, 0.1) is 16.0 Å². The Balaban J connectivity index is 2.82. The maximum Gasteiger partial charge on any atom is 0.172 e. The van der Waals surface area contributed by atoms with Crippen LogP contribution in [-0.2, 0) is 0 Å². The molecule has 0 N–H and O–H groups in total. The lowest BCUT2D eigenvalue weighted by Crippen LogP contribution is -1.86. The summed E-state index contributed by atoms with van der Waals surface area (Å²) in [5, 5.41) is 0.966. The van der Waals surface area contributed by atoms with E-state index < -0.39 is 0 Å². The van der Waals surface area contributed by atoms with Crippen molar-refractivity contribution in [2.24, 2.45) is 0 Å². The standard InChI is InChI=1S/C9H7FOS2/c1-11-8-6(10)3-2-5-4-7(12)13-9(5)8/h2-4,12H,1H3. The van der Waals surface area contributed by atoms with Crippen molar-refractivity contribution in [3.63, 3.8) is 0 Å². The zero-order chi connectivity index (χ0) is 9.42. The van der Waals surface area contributed by atoms with Crippen molar-refractivity contribution in [3.05, 3.63) is 24.0 Å². The predicted octanol–water partition coefficient (Wildman–Crippen LogP) is 3.34. The lowest BCUT2D eigenvalue weighted by molar-refractivity contribution is 0.392. The van der Waals surface area contributed by atoms with Crippen molar-refractivity contribution in [2.45, 2.75) is 4.21 Å². The second-order valence-corrected chi connectivity index (χ2v) is 4.42. The molecule has 0 spiro atoms. The van der Waals surface area contributed by atoms with E-state index in [9.17, 15) is 4.39 Å². The smallest absolute Gasteiger partial charge is 0.172 e. The Morgan fingerprint density at radius 2 is 2.23 bits per heavy atom. The molecular weight excluding hydrogens is 207 g/mol. The van der Waals surface area contributed by atoms with Crippen molar-refractivity contribution in [1.29, 1.82) is 0 Å². The fourth-order valence-corrected chi connectivity index (χ4v) is 2.56. The van der Waals surface area contributed by atoms with Gasteiger partial charge < -0.3 is 4.74 Å². The average Bonchev–Trinajstić information content (AvgIpc) is 2.45. The predicted molar refractivity (Wildman–Crippen MR) is 55.6 cm³/mol. The summed E-state index contributed by atoms with van der Waals surface area (Å²) in [5.74, 6) is -0.0204. The van der Waals surface area contributed by atoms with Crippen LogP contribution in [-0.4, -0.2) is 7.11 Å². The van der Waals surface area contributed by atoms with Crippen LogP contribution < -0.4 is 4.74 Å². The fourth-order valence-electron chi connectivity index (χ4n) is 1.23. The number of rotatable bonds is 1. The first-order chi connectivity index (χ1) is 6.22. The molecule has 0 unspecified atom stereocenters. The van der Waals surface area contributed by atoms with Gasteiger partial charge in [-0.05, 0) is 17.5 Å². The van der Waals surface area contributed by atoms with Crippen molar-refractivity contribution >= 4 is 34.1 Å². The van der Waals surface area contributed by atoms with E-state index in [2.05, 4.69) is 12.6 Å². The highest BCUT2D eigenvalue weighted by atomic mass is 32.2. The van der Waals surface area contributed by atoms with E-state index in [1.165, 1.54) is 24.5 Å². The molecule has 0 radical (unpaired) electrons. The Kier molecular flexibility index (Phi) is 2.17. The van der Waals surface area contributed by atoms with Gasteiger partial charge in [-0.3, -0.25) is 0 Å². The molecule has 0 amide bonds. The van der Waals surface area contributed by atoms with E-state index in [-0.39, 0.29) is 5.82 Å². The summed E-state index contributed by atoms with van der Waals surface area (Å²) in [6.45, 7) is 0. The largest absolute Gasteiger partial charge is 0.492 e. The van der Waals surface area contributed by atoms with Crippen LogP contribution in [0.25, 0.3) is 10.1 Å². The lowest BCUT2D eigenvalue weighted by atomic mass is 10.2. The van der Waals surface area contributed by atoms with Crippen LogP contribution in [0, 0.1) is 5.82 Å². The molecule has 1 aromatic heterocycles. The van der Waals surface area contributed by atoms with E-state index in [0.29, 0.717) is 5.75 Å². The van der Waals surface area contributed by atoms with Crippen LogP contribution in [0.2, 0.25) is 0 Å². The number of thiophene rings is 1. The van der Waals surface area contributed by atoms with Gasteiger partial charge in [0.15, 0.2) is 11.6 Å². The van der Waals surface area contributed by atoms with Crippen molar-refractivity contribution in [1.82, 2.24) is 0 Å². The molecule has 13 heavy (non-hydrogen) atoms. The molecule has 1 heterocycles. The van der Waals surface area contributed by atoms with Crippen LogP contribution >= 0.6 is 24.0 Å². The highest BCUT2D eigenvalue weighted by Gasteiger charge is 2.09. The van der Waals surface area contributed by atoms with E-state index in [1.54, 1.807) is 6.07 Å². The van der Waals surface area contributed by atoms with Gasteiger partial charge in [0, 0.05) is 0 Å². The fraction of sp³-hybridized carbons (Fsp3) is 0.111. The summed E-state index contributed by atoms with van der Waals surface area (Å²) in [7, 11) is 1.47. The van der Waals surface area contributed by atoms with Crippen LogP contribution in [0.5, 0.6) is 5.75 Å². The number of methoxy groups -OCH3 is 1. The number of benzene rings is 1. The van der Waals surface area contributed by atoms with E-state index in [1.807, 2.05) is 6.07 Å².